The Bertz CT molecular complexity index is 511. The van der Waals surface area contributed by atoms with Gasteiger partial charge in [0.05, 0.1) is 5.75 Å². The van der Waals surface area contributed by atoms with Crippen molar-refractivity contribution in [2.75, 3.05) is 36.8 Å². The van der Waals surface area contributed by atoms with Crippen LogP contribution in [-0.2, 0) is 10.0 Å². The number of anilines is 1. The first-order valence-electron chi connectivity index (χ1n) is 6.01. The van der Waals surface area contributed by atoms with Gasteiger partial charge in [-0.15, -0.1) is 0 Å². The molecule has 0 saturated carbocycles. The third-order valence-electron chi connectivity index (χ3n) is 3.17. The van der Waals surface area contributed by atoms with Gasteiger partial charge in [-0.2, -0.15) is 4.31 Å². The SMILES string of the molecule is CCS(=O)(=O)N1CCN(c2cccc(F)c2)CC1. The highest BCUT2D eigenvalue weighted by Gasteiger charge is 2.25. The van der Waals surface area contributed by atoms with Gasteiger partial charge in [0.15, 0.2) is 0 Å². The highest BCUT2D eigenvalue weighted by atomic mass is 32.2. The summed E-state index contributed by atoms with van der Waals surface area (Å²) in [7, 11) is -3.10. The largest absolute Gasteiger partial charge is 0.369 e. The van der Waals surface area contributed by atoms with Crippen LogP contribution in [0.15, 0.2) is 24.3 Å². The van der Waals surface area contributed by atoms with E-state index >= 15 is 0 Å². The van der Waals surface area contributed by atoms with Gasteiger partial charge >= 0.3 is 0 Å². The first-order chi connectivity index (χ1) is 8.53. The fourth-order valence-corrected chi connectivity index (χ4v) is 3.16. The van der Waals surface area contributed by atoms with Crippen LogP contribution in [0.3, 0.4) is 0 Å². The molecule has 0 N–H and O–H groups in total. The molecule has 1 heterocycles. The van der Waals surface area contributed by atoms with E-state index in [1.54, 1.807) is 13.0 Å². The van der Waals surface area contributed by atoms with Gasteiger partial charge in [-0.3, -0.25) is 0 Å². The lowest BCUT2D eigenvalue weighted by Gasteiger charge is -2.35. The quantitative estimate of drug-likeness (QED) is 0.832. The molecule has 0 bridgehead atoms. The van der Waals surface area contributed by atoms with Gasteiger partial charge in [0, 0.05) is 31.9 Å². The molecule has 18 heavy (non-hydrogen) atoms. The summed E-state index contributed by atoms with van der Waals surface area (Å²) >= 11 is 0. The van der Waals surface area contributed by atoms with Crippen molar-refractivity contribution in [2.45, 2.75) is 6.92 Å². The minimum Gasteiger partial charge on any atom is -0.369 e. The molecule has 4 nitrogen and oxygen atoms in total. The van der Waals surface area contributed by atoms with Crippen LogP contribution in [0.25, 0.3) is 0 Å². The molecule has 0 spiro atoms. The van der Waals surface area contributed by atoms with E-state index in [1.807, 2.05) is 11.0 Å². The van der Waals surface area contributed by atoms with E-state index in [0.717, 1.165) is 5.69 Å². The maximum absolute atomic E-state index is 13.1. The van der Waals surface area contributed by atoms with Crippen LogP contribution < -0.4 is 4.90 Å². The maximum atomic E-state index is 13.1. The fraction of sp³-hybridized carbons (Fsp3) is 0.500. The molecule has 0 radical (unpaired) electrons. The van der Waals surface area contributed by atoms with Crippen LogP contribution in [0.5, 0.6) is 0 Å². The zero-order valence-corrected chi connectivity index (χ0v) is 11.2. The Morgan fingerprint density at radius 2 is 1.89 bits per heavy atom. The normalized spacial score (nSPS) is 18.0. The standard InChI is InChI=1S/C12H17FN2O2S/c1-2-18(16,17)15-8-6-14(7-9-15)12-5-3-4-11(13)10-12/h3-5,10H,2,6-9H2,1H3. The fourth-order valence-electron chi connectivity index (χ4n) is 2.08. The smallest absolute Gasteiger partial charge is 0.213 e. The maximum Gasteiger partial charge on any atom is 0.213 e. The van der Waals surface area contributed by atoms with Gasteiger partial charge in [-0.1, -0.05) is 6.07 Å². The molecule has 100 valence electrons. The van der Waals surface area contributed by atoms with Crippen molar-refractivity contribution < 1.29 is 12.8 Å². The van der Waals surface area contributed by atoms with Crippen LogP contribution in [0, 0.1) is 5.82 Å². The number of hydrogen-bond donors (Lipinski definition) is 0. The Morgan fingerprint density at radius 1 is 1.22 bits per heavy atom. The summed E-state index contributed by atoms with van der Waals surface area (Å²) in [4.78, 5) is 2.00. The number of piperazine rings is 1. The number of sulfonamides is 1. The van der Waals surface area contributed by atoms with Gasteiger partial charge in [-0.05, 0) is 25.1 Å². The summed E-state index contributed by atoms with van der Waals surface area (Å²) in [5.74, 6) is -0.136. The molecule has 0 aromatic heterocycles. The predicted molar refractivity (Wildman–Crippen MR) is 69.6 cm³/mol. The lowest BCUT2D eigenvalue weighted by atomic mass is 10.2. The molecular formula is C12H17FN2O2S. The van der Waals surface area contributed by atoms with E-state index in [4.69, 9.17) is 0 Å². The topological polar surface area (TPSA) is 40.6 Å². The van der Waals surface area contributed by atoms with Crippen LogP contribution in [0.4, 0.5) is 10.1 Å². The first kappa shape index (κ1) is 13.3. The third kappa shape index (κ3) is 2.81. The van der Waals surface area contributed by atoms with Crippen molar-refractivity contribution in [2.24, 2.45) is 0 Å². The molecule has 0 atom stereocenters. The van der Waals surface area contributed by atoms with Crippen LogP contribution in [0.1, 0.15) is 6.92 Å². The van der Waals surface area contributed by atoms with E-state index in [2.05, 4.69) is 0 Å². The van der Waals surface area contributed by atoms with Crippen molar-refractivity contribution in [1.82, 2.24) is 4.31 Å². The number of benzene rings is 1. The second kappa shape index (κ2) is 5.24. The molecular weight excluding hydrogens is 255 g/mol. The van der Waals surface area contributed by atoms with Crippen molar-refractivity contribution >= 4 is 15.7 Å². The van der Waals surface area contributed by atoms with Gasteiger partial charge in [0.25, 0.3) is 0 Å². The molecule has 0 amide bonds. The van der Waals surface area contributed by atoms with E-state index < -0.39 is 10.0 Å². The lowest BCUT2D eigenvalue weighted by molar-refractivity contribution is 0.385. The monoisotopic (exact) mass is 272 g/mol. The predicted octanol–water partition coefficient (Wildman–Crippen LogP) is 1.30. The average molecular weight is 272 g/mol. The van der Waals surface area contributed by atoms with E-state index in [9.17, 15) is 12.8 Å². The minimum absolute atomic E-state index is 0.132. The molecule has 1 aromatic rings. The summed E-state index contributed by atoms with van der Waals surface area (Å²) in [5, 5.41) is 0. The average Bonchev–Trinajstić information content (AvgIpc) is 2.39. The molecule has 0 unspecified atom stereocenters. The van der Waals surface area contributed by atoms with E-state index in [-0.39, 0.29) is 11.6 Å². The molecule has 0 aliphatic carbocycles. The van der Waals surface area contributed by atoms with Crippen LogP contribution >= 0.6 is 0 Å². The summed E-state index contributed by atoms with van der Waals surface area (Å²) in [5.41, 5.74) is 0.809. The number of halogens is 1. The van der Waals surface area contributed by atoms with E-state index in [0.29, 0.717) is 26.2 Å². The summed E-state index contributed by atoms with van der Waals surface area (Å²) < 4.78 is 38.0. The van der Waals surface area contributed by atoms with E-state index in [1.165, 1.54) is 16.4 Å². The Morgan fingerprint density at radius 3 is 2.44 bits per heavy atom. The second-order valence-corrected chi connectivity index (χ2v) is 6.52. The number of nitrogens with zero attached hydrogens (tertiary/aromatic N) is 2. The Labute approximate surface area is 107 Å². The summed E-state index contributed by atoms with van der Waals surface area (Å²) in [6.07, 6.45) is 0. The van der Waals surface area contributed by atoms with Crippen molar-refractivity contribution in [3.05, 3.63) is 30.1 Å². The second-order valence-electron chi connectivity index (χ2n) is 4.27. The summed E-state index contributed by atoms with van der Waals surface area (Å²) in [6, 6.07) is 6.39. The highest BCUT2D eigenvalue weighted by Crippen LogP contribution is 2.18. The molecule has 1 aliphatic heterocycles. The summed E-state index contributed by atoms with van der Waals surface area (Å²) in [6.45, 7) is 3.78. The lowest BCUT2D eigenvalue weighted by Crippen LogP contribution is -2.49. The van der Waals surface area contributed by atoms with Crippen LogP contribution in [0.2, 0.25) is 0 Å². The van der Waals surface area contributed by atoms with Crippen LogP contribution in [-0.4, -0.2) is 44.7 Å². The van der Waals surface area contributed by atoms with Gasteiger partial charge < -0.3 is 4.90 Å². The molecule has 1 saturated heterocycles. The molecule has 1 aromatic carbocycles. The Balaban J connectivity index is 2.03. The van der Waals surface area contributed by atoms with Gasteiger partial charge in [-0.25, -0.2) is 12.8 Å². The number of rotatable bonds is 3. The van der Waals surface area contributed by atoms with Crippen molar-refractivity contribution in [3.63, 3.8) is 0 Å². The zero-order chi connectivity index (χ0) is 13.2. The van der Waals surface area contributed by atoms with Crippen molar-refractivity contribution in [3.8, 4) is 0 Å². The Kier molecular flexibility index (Phi) is 3.87. The van der Waals surface area contributed by atoms with Gasteiger partial charge in [0.2, 0.25) is 10.0 Å². The van der Waals surface area contributed by atoms with Gasteiger partial charge in [0.1, 0.15) is 5.82 Å². The first-order valence-corrected chi connectivity index (χ1v) is 7.62. The molecule has 1 aliphatic rings. The minimum atomic E-state index is -3.10. The molecule has 6 heteroatoms. The van der Waals surface area contributed by atoms with Crippen molar-refractivity contribution in [1.29, 1.82) is 0 Å². The zero-order valence-electron chi connectivity index (χ0n) is 10.3. The third-order valence-corrected chi connectivity index (χ3v) is 5.05. The molecule has 1 fully saturated rings. The molecule has 2 rings (SSSR count). The Hall–Kier alpha value is -1.14. The number of hydrogen-bond acceptors (Lipinski definition) is 3. The highest BCUT2D eigenvalue weighted by molar-refractivity contribution is 7.89.